The van der Waals surface area contributed by atoms with Crippen molar-refractivity contribution in [1.29, 1.82) is 0 Å². The Morgan fingerprint density at radius 3 is 2.00 bits per heavy atom. The molecule has 16 heavy (non-hydrogen) atoms. The first-order valence-corrected chi connectivity index (χ1v) is 5.59. The summed E-state index contributed by atoms with van der Waals surface area (Å²) in [5.41, 5.74) is 5.51. The van der Waals surface area contributed by atoms with Crippen molar-refractivity contribution in [3.63, 3.8) is 0 Å². The lowest BCUT2D eigenvalue weighted by Crippen LogP contribution is -2.46. The van der Waals surface area contributed by atoms with Crippen LogP contribution in [-0.2, 0) is 4.79 Å². The first-order valence-electron chi connectivity index (χ1n) is 5.59. The minimum Gasteiger partial charge on any atom is -0.409 e. The maximum atomic E-state index is 11.9. The van der Waals surface area contributed by atoms with E-state index < -0.39 is 5.92 Å². The summed E-state index contributed by atoms with van der Waals surface area (Å²) in [4.78, 5) is 11.9. The summed E-state index contributed by atoms with van der Waals surface area (Å²) in [6.07, 6.45) is 0. The first-order chi connectivity index (χ1) is 7.31. The van der Waals surface area contributed by atoms with Crippen LogP contribution in [0.1, 0.15) is 34.6 Å². The van der Waals surface area contributed by atoms with Gasteiger partial charge in [0.2, 0.25) is 5.91 Å². The van der Waals surface area contributed by atoms with Gasteiger partial charge in [0.25, 0.3) is 0 Å². The number of amidine groups is 1. The van der Waals surface area contributed by atoms with Gasteiger partial charge in [0.05, 0.1) is 0 Å². The fourth-order valence-corrected chi connectivity index (χ4v) is 1.32. The van der Waals surface area contributed by atoms with Crippen LogP contribution in [0.25, 0.3) is 0 Å². The van der Waals surface area contributed by atoms with Gasteiger partial charge < -0.3 is 16.3 Å². The highest BCUT2D eigenvalue weighted by Crippen LogP contribution is 2.12. The smallest absolute Gasteiger partial charge is 0.231 e. The van der Waals surface area contributed by atoms with Crippen LogP contribution >= 0.6 is 0 Å². The summed E-state index contributed by atoms with van der Waals surface area (Å²) < 4.78 is 0. The number of rotatable bonds is 5. The van der Waals surface area contributed by atoms with Crippen molar-refractivity contribution in [2.75, 3.05) is 0 Å². The Morgan fingerprint density at radius 1 is 1.19 bits per heavy atom. The normalized spacial score (nSPS) is 16.3. The average molecular weight is 229 g/mol. The van der Waals surface area contributed by atoms with E-state index in [9.17, 15) is 4.79 Å². The monoisotopic (exact) mass is 229 g/mol. The quantitative estimate of drug-likeness (QED) is 0.286. The second kappa shape index (κ2) is 6.35. The third-order valence-corrected chi connectivity index (χ3v) is 2.75. The van der Waals surface area contributed by atoms with Gasteiger partial charge in [-0.15, -0.1) is 0 Å². The Morgan fingerprint density at radius 2 is 1.69 bits per heavy atom. The van der Waals surface area contributed by atoms with Crippen molar-refractivity contribution in [1.82, 2.24) is 5.32 Å². The summed E-state index contributed by atoms with van der Waals surface area (Å²) in [5.74, 6) is -0.458. The van der Waals surface area contributed by atoms with Crippen molar-refractivity contribution >= 4 is 11.7 Å². The van der Waals surface area contributed by atoms with E-state index in [1.165, 1.54) is 0 Å². The van der Waals surface area contributed by atoms with Crippen LogP contribution in [0.5, 0.6) is 0 Å². The molecule has 4 N–H and O–H groups in total. The van der Waals surface area contributed by atoms with Gasteiger partial charge in [-0.1, -0.05) is 32.9 Å². The molecule has 0 heterocycles. The molecule has 0 aliphatic carbocycles. The molecule has 0 aromatic rings. The zero-order valence-corrected chi connectivity index (χ0v) is 10.7. The van der Waals surface area contributed by atoms with E-state index in [1.54, 1.807) is 0 Å². The van der Waals surface area contributed by atoms with Crippen LogP contribution in [0.2, 0.25) is 0 Å². The fraction of sp³-hybridized carbons (Fsp3) is 0.818. The van der Waals surface area contributed by atoms with E-state index >= 15 is 0 Å². The number of nitrogens with one attached hydrogen (secondary N) is 1. The van der Waals surface area contributed by atoms with Crippen molar-refractivity contribution in [3.8, 4) is 0 Å². The van der Waals surface area contributed by atoms with E-state index in [4.69, 9.17) is 10.9 Å². The largest absolute Gasteiger partial charge is 0.409 e. The highest BCUT2D eigenvalue weighted by molar-refractivity contribution is 6.02. The SMILES string of the molecule is CC(C)C(C)NC(=O)C(C(N)=NO)C(C)C. The Kier molecular flexibility index (Phi) is 5.85. The summed E-state index contributed by atoms with van der Waals surface area (Å²) in [5, 5.41) is 14.4. The number of nitrogens with zero attached hydrogens (tertiary/aromatic N) is 1. The molecule has 5 nitrogen and oxygen atoms in total. The molecule has 2 atom stereocenters. The molecule has 94 valence electrons. The number of oxime groups is 1. The predicted molar refractivity (Wildman–Crippen MR) is 64.2 cm³/mol. The molecule has 1 amide bonds. The molecule has 0 rings (SSSR count). The van der Waals surface area contributed by atoms with Crippen molar-refractivity contribution in [2.24, 2.45) is 28.6 Å². The van der Waals surface area contributed by atoms with Gasteiger partial charge in [0.15, 0.2) is 5.84 Å². The molecule has 0 bridgehead atoms. The van der Waals surface area contributed by atoms with Gasteiger partial charge in [-0.3, -0.25) is 4.79 Å². The van der Waals surface area contributed by atoms with E-state index in [-0.39, 0.29) is 23.7 Å². The van der Waals surface area contributed by atoms with Gasteiger partial charge in [0.1, 0.15) is 5.92 Å². The Hall–Kier alpha value is -1.26. The highest BCUT2D eigenvalue weighted by atomic mass is 16.4. The molecule has 0 aromatic heterocycles. The minimum atomic E-state index is -0.578. The van der Waals surface area contributed by atoms with Gasteiger partial charge in [-0.05, 0) is 18.8 Å². The zero-order chi connectivity index (χ0) is 12.9. The molecule has 2 unspecified atom stereocenters. The number of hydrogen-bond acceptors (Lipinski definition) is 3. The number of hydrogen-bond donors (Lipinski definition) is 3. The lowest BCUT2D eigenvalue weighted by molar-refractivity contribution is -0.125. The Balaban J connectivity index is 4.65. The second-order valence-electron chi connectivity index (χ2n) is 4.79. The molecule has 0 aliphatic rings. The topological polar surface area (TPSA) is 87.7 Å². The van der Waals surface area contributed by atoms with Gasteiger partial charge in [-0.2, -0.15) is 0 Å². The standard InChI is InChI=1S/C11H23N3O2/c1-6(2)8(5)13-11(15)9(7(3)4)10(12)14-16/h6-9,16H,1-5H3,(H2,12,14)(H,13,15). The maximum Gasteiger partial charge on any atom is 0.231 e. The van der Waals surface area contributed by atoms with Gasteiger partial charge in [0, 0.05) is 6.04 Å². The third kappa shape index (κ3) is 4.08. The molecular formula is C11H23N3O2. The van der Waals surface area contributed by atoms with Crippen LogP contribution < -0.4 is 11.1 Å². The van der Waals surface area contributed by atoms with E-state index in [0.717, 1.165) is 0 Å². The number of amides is 1. The third-order valence-electron chi connectivity index (χ3n) is 2.75. The van der Waals surface area contributed by atoms with Gasteiger partial charge >= 0.3 is 0 Å². The molecule has 0 saturated heterocycles. The molecule has 0 spiro atoms. The minimum absolute atomic E-state index is 0.00439. The molecule has 0 aliphatic heterocycles. The predicted octanol–water partition coefficient (Wildman–Crippen LogP) is 1.17. The van der Waals surface area contributed by atoms with Crippen LogP contribution in [0.4, 0.5) is 0 Å². The average Bonchev–Trinajstić information content (AvgIpc) is 2.16. The summed E-state index contributed by atoms with van der Waals surface area (Å²) in [7, 11) is 0. The number of nitrogens with two attached hydrogens (primary N) is 1. The summed E-state index contributed by atoms with van der Waals surface area (Å²) >= 11 is 0. The molecule has 5 heteroatoms. The number of carbonyl (C=O) groups is 1. The zero-order valence-electron chi connectivity index (χ0n) is 10.7. The van der Waals surface area contributed by atoms with Crippen molar-refractivity contribution < 1.29 is 10.0 Å². The first kappa shape index (κ1) is 14.7. The lowest BCUT2D eigenvalue weighted by Gasteiger charge is -2.23. The molecule has 0 saturated carbocycles. The van der Waals surface area contributed by atoms with E-state index in [0.29, 0.717) is 5.92 Å². The van der Waals surface area contributed by atoms with Crippen LogP contribution in [0.15, 0.2) is 5.16 Å². The lowest BCUT2D eigenvalue weighted by atomic mass is 9.93. The summed E-state index contributed by atoms with van der Waals surface area (Å²) in [6, 6.07) is 0.0697. The van der Waals surface area contributed by atoms with Crippen LogP contribution in [-0.4, -0.2) is 23.0 Å². The van der Waals surface area contributed by atoms with Crippen molar-refractivity contribution in [2.45, 2.75) is 40.7 Å². The van der Waals surface area contributed by atoms with Gasteiger partial charge in [-0.25, -0.2) is 0 Å². The molecule has 0 fully saturated rings. The van der Waals surface area contributed by atoms with Crippen LogP contribution in [0.3, 0.4) is 0 Å². The van der Waals surface area contributed by atoms with Crippen LogP contribution in [0, 0.1) is 17.8 Å². The Bertz CT molecular complexity index is 262. The highest BCUT2D eigenvalue weighted by Gasteiger charge is 2.27. The van der Waals surface area contributed by atoms with Crippen molar-refractivity contribution in [3.05, 3.63) is 0 Å². The summed E-state index contributed by atoms with van der Waals surface area (Å²) in [6.45, 7) is 9.72. The second-order valence-corrected chi connectivity index (χ2v) is 4.79. The maximum absolute atomic E-state index is 11.9. The number of carbonyl (C=O) groups excluding carboxylic acids is 1. The van der Waals surface area contributed by atoms with E-state index in [2.05, 4.69) is 10.5 Å². The molecule has 0 radical (unpaired) electrons. The fourth-order valence-electron chi connectivity index (χ4n) is 1.32. The Labute approximate surface area is 97.1 Å². The molecular weight excluding hydrogens is 206 g/mol. The van der Waals surface area contributed by atoms with E-state index in [1.807, 2.05) is 34.6 Å². The molecule has 0 aromatic carbocycles.